The number of aryl methyl sites for hydroxylation is 2. The van der Waals surface area contributed by atoms with Crippen LogP contribution in [0.1, 0.15) is 18.1 Å². The normalized spacial score (nSPS) is 9.92. The SMILES string of the molecule is CCOc1c(C)cc(N)cc1C. The van der Waals surface area contributed by atoms with Crippen LogP contribution in [-0.2, 0) is 0 Å². The van der Waals surface area contributed by atoms with Crippen LogP contribution in [0.2, 0.25) is 0 Å². The molecule has 2 N–H and O–H groups in total. The van der Waals surface area contributed by atoms with E-state index in [1.807, 2.05) is 32.9 Å². The van der Waals surface area contributed by atoms with E-state index in [0.717, 1.165) is 22.6 Å². The lowest BCUT2D eigenvalue weighted by Gasteiger charge is -2.10. The highest BCUT2D eigenvalue weighted by Crippen LogP contribution is 2.25. The summed E-state index contributed by atoms with van der Waals surface area (Å²) >= 11 is 0. The van der Waals surface area contributed by atoms with Gasteiger partial charge in [0.25, 0.3) is 0 Å². The molecule has 0 spiro atoms. The highest BCUT2D eigenvalue weighted by Gasteiger charge is 2.03. The molecule has 0 unspecified atom stereocenters. The molecule has 66 valence electrons. The number of nitrogens with two attached hydrogens (primary N) is 1. The maximum absolute atomic E-state index is 5.67. The van der Waals surface area contributed by atoms with E-state index in [9.17, 15) is 0 Å². The molecule has 0 fully saturated rings. The molecule has 0 aliphatic heterocycles. The van der Waals surface area contributed by atoms with Crippen LogP contribution in [0, 0.1) is 13.8 Å². The Hall–Kier alpha value is -1.18. The van der Waals surface area contributed by atoms with Crippen molar-refractivity contribution in [2.45, 2.75) is 20.8 Å². The highest BCUT2D eigenvalue weighted by molar-refractivity contribution is 5.52. The zero-order valence-electron chi connectivity index (χ0n) is 7.85. The van der Waals surface area contributed by atoms with Crippen LogP contribution in [-0.4, -0.2) is 6.61 Å². The predicted octanol–water partition coefficient (Wildman–Crippen LogP) is 2.28. The molecule has 2 heteroatoms. The molecule has 0 aromatic heterocycles. The average Bonchev–Trinajstić information content (AvgIpc) is 1.96. The van der Waals surface area contributed by atoms with Gasteiger partial charge in [-0.25, -0.2) is 0 Å². The Kier molecular flexibility index (Phi) is 2.58. The molecule has 12 heavy (non-hydrogen) atoms. The summed E-state index contributed by atoms with van der Waals surface area (Å²) in [6.07, 6.45) is 0. The van der Waals surface area contributed by atoms with Gasteiger partial charge in [-0.05, 0) is 44.0 Å². The second-order valence-corrected chi connectivity index (χ2v) is 2.92. The summed E-state index contributed by atoms with van der Waals surface area (Å²) in [6, 6.07) is 3.86. The first-order valence-corrected chi connectivity index (χ1v) is 4.14. The Morgan fingerprint density at radius 3 is 2.17 bits per heavy atom. The van der Waals surface area contributed by atoms with Crippen molar-refractivity contribution in [2.24, 2.45) is 0 Å². The van der Waals surface area contributed by atoms with E-state index in [1.54, 1.807) is 0 Å². The van der Waals surface area contributed by atoms with Crippen LogP contribution < -0.4 is 10.5 Å². The summed E-state index contributed by atoms with van der Waals surface area (Å²) in [5.74, 6) is 0.965. The maximum Gasteiger partial charge on any atom is 0.125 e. The Balaban J connectivity index is 3.10. The maximum atomic E-state index is 5.67. The lowest BCUT2D eigenvalue weighted by Crippen LogP contribution is -1.98. The number of hydrogen-bond donors (Lipinski definition) is 1. The van der Waals surface area contributed by atoms with Gasteiger partial charge in [-0.3, -0.25) is 0 Å². The second kappa shape index (κ2) is 3.48. The zero-order valence-corrected chi connectivity index (χ0v) is 7.85. The molecule has 0 saturated heterocycles. The Morgan fingerprint density at radius 2 is 1.75 bits per heavy atom. The lowest BCUT2D eigenvalue weighted by molar-refractivity contribution is 0.335. The number of anilines is 1. The van der Waals surface area contributed by atoms with E-state index >= 15 is 0 Å². The van der Waals surface area contributed by atoms with Crippen molar-refractivity contribution in [1.29, 1.82) is 0 Å². The third-order valence-corrected chi connectivity index (χ3v) is 1.77. The van der Waals surface area contributed by atoms with E-state index < -0.39 is 0 Å². The van der Waals surface area contributed by atoms with Crippen molar-refractivity contribution >= 4 is 5.69 Å². The molecule has 1 aromatic carbocycles. The summed E-state index contributed by atoms with van der Waals surface area (Å²) in [5.41, 5.74) is 8.68. The minimum absolute atomic E-state index is 0.700. The number of nitrogen functional groups attached to an aromatic ring is 1. The van der Waals surface area contributed by atoms with E-state index in [2.05, 4.69) is 0 Å². The van der Waals surface area contributed by atoms with Gasteiger partial charge in [0, 0.05) is 5.69 Å². The second-order valence-electron chi connectivity index (χ2n) is 2.92. The predicted molar refractivity (Wildman–Crippen MR) is 51.5 cm³/mol. The number of ether oxygens (including phenoxy) is 1. The molecular formula is C10H15NO. The first kappa shape index (κ1) is 8.91. The third kappa shape index (κ3) is 1.70. The van der Waals surface area contributed by atoms with Crippen LogP contribution in [0.3, 0.4) is 0 Å². The van der Waals surface area contributed by atoms with E-state index in [1.165, 1.54) is 0 Å². The lowest BCUT2D eigenvalue weighted by atomic mass is 10.1. The van der Waals surface area contributed by atoms with Gasteiger partial charge in [0.15, 0.2) is 0 Å². The van der Waals surface area contributed by atoms with Crippen molar-refractivity contribution in [3.63, 3.8) is 0 Å². The van der Waals surface area contributed by atoms with Crippen LogP contribution in [0.25, 0.3) is 0 Å². The molecule has 0 aliphatic rings. The summed E-state index contributed by atoms with van der Waals surface area (Å²) in [4.78, 5) is 0. The largest absolute Gasteiger partial charge is 0.493 e. The van der Waals surface area contributed by atoms with Crippen molar-refractivity contribution in [3.05, 3.63) is 23.3 Å². The number of hydrogen-bond acceptors (Lipinski definition) is 2. The van der Waals surface area contributed by atoms with E-state index in [0.29, 0.717) is 6.61 Å². The first-order valence-electron chi connectivity index (χ1n) is 4.14. The van der Waals surface area contributed by atoms with Gasteiger partial charge in [0.1, 0.15) is 5.75 Å². The highest BCUT2D eigenvalue weighted by atomic mass is 16.5. The molecule has 1 rings (SSSR count). The summed E-state index contributed by atoms with van der Waals surface area (Å²) in [6.45, 7) is 6.70. The van der Waals surface area contributed by atoms with Crippen LogP contribution in [0.5, 0.6) is 5.75 Å². The van der Waals surface area contributed by atoms with Crippen LogP contribution in [0.15, 0.2) is 12.1 Å². The molecule has 0 radical (unpaired) electrons. The number of rotatable bonds is 2. The van der Waals surface area contributed by atoms with Gasteiger partial charge in [0.2, 0.25) is 0 Å². The van der Waals surface area contributed by atoms with Gasteiger partial charge >= 0.3 is 0 Å². The Bertz CT molecular complexity index is 258. The zero-order chi connectivity index (χ0) is 9.14. The smallest absolute Gasteiger partial charge is 0.125 e. The molecule has 0 bridgehead atoms. The molecule has 0 amide bonds. The molecular weight excluding hydrogens is 150 g/mol. The van der Waals surface area contributed by atoms with E-state index in [-0.39, 0.29) is 0 Å². The summed E-state index contributed by atoms with van der Waals surface area (Å²) in [5, 5.41) is 0. The monoisotopic (exact) mass is 165 g/mol. The first-order chi connectivity index (χ1) is 5.65. The summed E-state index contributed by atoms with van der Waals surface area (Å²) in [7, 11) is 0. The minimum Gasteiger partial charge on any atom is -0.493 e. The fourth-order valence-electron chi connectivity index (χ4n) is 1.36. The van der Waals surface area contributed by atoms with Gasteiger partial charge in [-0.2, -0.15) is 0 Å². The average molecular weight is 165 g/mol. The molecule has 0 heterocycles. The Labute approximate surface area is 73.3 Å². The molecule has 0 aliphatic carbocycles. The minimum atomic E-state index is 0.700. The quantitative estimate of drug-likeness (QED) is 0.682. The van der Waals surface area contributed by atoms with Crippen molar-refractivity contribution < 1.29 is 4.74 Å². The summed E-state index contributed by atoms with van der Waals surface area (Å²) < 4.78 is 5.47. The van der Waals surface area contributed by atoms with Crippen molar-refractivity contribution in [2.75, 3.05) is 12.3 Å². The standard InChI is InChI=1S/C10H15NO/c1-4-12-10-7(2)5-9(11)6-8(10)3/h5-6H,4,11H2,1-3H3. The fraction of sp³-hybridized carbons (Fsp3) is 0.400. The van der Waals surface area contributed by atoms with Gasteiger partial charge in [-0.15, -0.1) is 0 Å². The Morgan fingerprint density at radius 1 is 1.25 bits per heavy atom. The molecule has 0 saturated carbocycles. The van der Waals surface area contributed by atoms with Crippen LogP contribution >= 0.6 is 0 Å². The molecule has 1 aromatic rings. The van der Waals surface area contributed by atoms with Crippen molar-refractivity contribution in [1.82, 2.24) is 0 Å². The van der Waals surface area contributed by atoms with Crippen LogP contribution in [0.4, 0.5) is 5.69 Å². The van der Waals surface area contributed by atoms with Gasteiger partial charge in [0.05, 0.1) is 6.61 Å². The third-order valence-electron chi connectivity index (χ3n) is 1.77. The van der Waals surface area contributed by atoms with Gasteiger partial charge in [-0.1, -0.05) is 0 Å². The van der Waals surface area contributed by atoms with Crippen molar-refractivity contribution in [3.8, 4) is 5.75 Å². The molecule has 0 atom stereocenters. The topological polar surface area (TPSA) is 35.2 Å². The fourth-order valence-corrected chi connectivity index (χ4v) is 1.36. The van der Waals surface area contributed by atoms with E-state index in [4.69, 9.17) is 10.5 Å². The molecule has 2 nitrogen and oxygen atoms in total. The van der Waals surface area contributed by atoms with Gasteiger partial charge < -0.3 is 10.5 Å². The number of benzene rings is 1.